The second kappa shape index (κ2) is 8.88. The van der Waals surface area contributed by atoms with Gasteiger partial charge in [0.15, 0.2) is 0 Å². The molecule has 2 atom stereocenters. The normalized spacial score (nSPS) is 24.3. The van der Waals surface area contributed by atoms with Crippen LogP contribution in [0, 0.1) is 5.92 Å². The van der Waals surface area contributed by atoms with Crippen LogP contribution >= 0.6 is 24.0 Å². The van der Waals surface area contributed by atoms with Gasteiger partial charge in [0, 0.05) is 44.3 Å². The summed E-state index contributed by atoms with van der Waals surface area (Å²) in [6.45, 7) is 4.01. The van der Waals surface area contributed by atoms with E-state index in [1.54, 1.807) is 0 Å². The summed E-state index contributed by atoms with van der Waals surface area (Å²) in [5, 5.41) is 4.10. The number of nitrogens with zero attached hydrogens (tertiary/aromatic N) is 1. The quantitative estimate of drug-likeness (QED) is 0.899. The van der Waals surface area contributed by atoms with Crippen molar-refractivity contribution in [2.45, 2.75) is 25.3 Å². The molecular weight excluding hydrogens is 335 g/mol. The van der Waals surface area contributed by atoms with Crippen molar-refractivity contribution >= 4 is 29.9 Å². The number of benzene rings is 1. The molecule has 2 saturated heterocycles. The molecule has 2 fully saturated rings. The van der Waals surface area contributed by atoms with Crippen LogP contribution in [-0.2, 0) is 9.53 Å². The lowest BCUT2D eigenvalue weighted by atomic mass is 9.99. The molecule has 2 aliphatic heterocycles. The van der Waals surface area contributed by atoms with Gasteiger partial charge in [-0.2, -0.15) is 0 Å². The Balaban J connectivity index is 0.00000192. The van der Waals surface area contributed by atoms with E-state index < -0.39 is 0 Å². The number of hydrogen-bond acceptors (Lipinski definition) is 3. The molecule has 2 heterocycles. The van der Waals surface area contributed by atoms with Gasteiger partial charge in [-0.15, -0.1) is 12.4 Å². The molecule has 1 aromatic carbocycles. The lowest BCUT2D eigenvalue weighted by Gasteiger charge is -2.37. The fourth-order valence-electron chi connectivity index (χ4n) is 3.31. The summed E-state index contributed by atoms with van der Waals surface area (Å²) in [6, 6.07) is 7.85. The summed E-state index contributed by atoms with van der Waals surface area (Å²) >= 11 is 6.33. The van der Waals surface area contributed by atoms with Crippen LogP contribution in [0.1, 0.15) is 30.9 Å². The van der Waals surface area contributed by atoms with E-state index in [-0.39, 0.29) is 24.4 Å². The number of halogens is 2. The van der Waals surface area contributed by atoms with Gasteiger partial charge in [0.2, 0.25) is 5.91 Å². The first-order valence-corrected chi connectivity index (χ1v) is 8.46. The molecular formula is C17H24Cl2N2O2. The molecule has 0 aromatic heterocycles. The van der Waals surface area contributed by atoms with Crippen LogP contribution in [0.5, 0.6) is 0 Å². The zero-order valence-corrected chi connectivity index (χ0v) is 14.7. The molecule has 4 nitrogen and oxygen atoms in total. The topological polar surface area (TPSA) is 41.6 Å². The first kappa shape index (κ1) is 18.5. The molecule has 2 unspecified atom stereocenters. The Labute approximate surface area is 148 Å². The highest BCUT2D eigenvalue weighted by Gasteiger charge is 2.29. The third-order valence-corrected chi connectivity index (χ3v) is 4.96. The summed E-state index contributed by atoms with van der Waals surface area (Å²) in [7, 11) is 0. The first-order chi connectivity index (χ1) is 10.8. The van der Waals surface area contributed by atoms with E-state index in [0.717, 1.165) is 56.3 Å². The third-order valence-electron chi connectivity index (χ3n) is 4.62. The van der Waals surface area contributed by atoms with Gasteiger partial charge in [0.1, 0.15) is 0 Å². The number of amides is 1. The summed E-state index contributed by atoms with van der Waals surface area (Å²) in [5.41, 5.74) is 1.04. The van der Waals surface area contributed by atoms with Crippen LogP contribution in [0.15, 0.2) is 24.3 Å². The number of piperazine rings is 1. The van der Waals surface area contributed by atoms with Crippen LogP contribution < -0.4 is 5.32 Å². The van der Waals surface area contributed by atoms with Crippen molar-refractivity contribution in [3.63, 3.8) is 0 Å². The molecule has 23 heavy (non-hydrogen) atoms. The maximum absolute atomic E-state index is 12.7. The van der Waals surface area contributed by atoms with Crippen LogP contribution in [0.25, 0.3) is 0 Å². The van der Waals surface area contributed by atoms with Crippen molar-refractivity contribution in [3.8, 4) is 0 Å². The van der Waals surface area contributed by atoms with E-state index in [4.69, 9.17) is 16.3 Å². The monoisotopic (exact) mass is 358 g/mol. The zero-order chi connectivity index (χ0) is 15.4. The number of carbonyl (C=O) groups is 1. The standard InChI is InChI=1S/C17H23ClN2O2.ClH/c18-15-4-2-1-3-14(15)16-11-19-8-9-20(16)17(21)6-5-13-7-10-22-12-13;/h1-4,13,16,19H,5-12H2;1H. The Morgan fingerprint density at radius 1 is 1.39 bits per heavy atom. The maximum atomic E-state index is 12.7. The highest BCUT2D eigenvalue weighted by Crippen LogP contribution is 2.29. The van der Waals surface area contributed by atoms with Gasteiger partial charge in [0.25, 0.3) is 0 Å². The van der Waals surface area contributed by atoms with Gasteiger partial charge in [-0.05, 0) is 30.4 Å². The average Bonchev–Trinajstić information content (AvgIpc) is 3.06. The van der Waals surface area contributed by atoms with Crippen molar-refractivity contribution in [2.24, 2.45) is 5.92 Å². The Morgan fingerprint density at radius 2 is 2.22 bits per heavy atom. The van der Waals surface area contributed by atoms with Crippen molar-refractivity contribution < 1.29 is 9.53 Å². The molecule has 0 bridgehead atoms. The molecule has 128 valence electrons. The largest absolute Gasteiger partial charge is 0.381 e. The molecule has 2 aliphatic rings. The minimum absolute atomic E-state index is 0. The Bertz CT molecular complexity index is 521. The van der Waals surface area contributed by atoms with E-state index >= 15 is 0 Å². The summed E-state index contributed by atoms with van der Waals surface area (Å²) in [5.74, 6) is 0.781. The number of ether oxygens (including phenoxy) is 1. The zero-order valence-electron chi connectivity index (χ0n) is 13.2. The minimum atomic E-state index is 0. The molecule has 1 aromatic rings. The molecule has 6 heteroatoms. The van der Waals surface area contributed by atoms with Crippen molar-refractivity contribution in [2.75, 3.05) is 32.8 Å². The van der Waals surface area contributed by atoms with Gasteiger partial charge >= 0.3 is 0 Å². The third kappa shape index (κ3) is 4.60. The van der Waals surface area contributed by atoms with Crippen LogP contribution in [0.3, 0.4) is 0 Å². The van der Waals surface area contributed by atoms with Crippen molar-refractivity contribution in [1.82, 2.24) is 10.2 Å². The predicted octanol–water partition coefficient (Wildman–Crippen LogP) is 3.05. The van der Waals surface area contributed by atoms with Gasteiger partial charge in [0.05, 0.1) is 6.04 Å². The average molecular weight is 359 g/mol. The van der Waals surface area contributed by atoms with Gasteiger partial charge in [-0.25, -0.2) is 0 Å². The van der Waals surface area contributed by atoms with Crippen molar-refractivity contribution in [3.05, 3.63) is 34.9 Å². The van der Waals surface area contributed by atoms with Crippen LogP contribution in [0.2, 0.25) is 5.02 Å². The Morgan fingerprint density at radius 3 is 2.96 bits per heavy atom. The Hall–Kier alpha value is -0.810. The van der Waals surface area contributed by atoms with E-state index in [2.05, 4.69) is 5.32 Å². The number of carbonyl (C=O) groups excluding carboxylic acids is 1. The van der Waals surface area contributed by atoms with Crippen LogP contribution in [0.4, 0.5) is 0 Å². The molecule has 0 saturated carbocycles. The maximum Gasteiger partial charge on any atom is 0.223 e. The molecule has 0 radical (unpaired) electrons. The highest BCUT2D eigenvalue weighted by molar-refractivity contribution is 6.31. The van der Waals surface area contributed by atoms with Gasteiger partial charge in [-0.3, -0.25) is 4.79 Å². The molecule has 0 spiro atoms. The fraction of sp³-hybridized carbons (Fsp3) is 0.588. The molecule has 0 aliphatic carbocycles. The van der Waals surface area contributed by atoms with Gasteiger partial charge < -0.3 is 15.0 Å². The summed E-state index contributed by atoms with van der Waals surface area (Å²) in [6.07, 6.45) is 2.62. The highest BCUT2D eigenvalue weighted by atomic mass is 35.5. The predicted molar refractivity (Wildman–Crippen MR) is 94.2 cm³/mol. The first-order valence-electron chi connectivity index (χ1n) is 8.08. The number of hydrogen-bond donors (Lipinski definition) is 1. The van der Waals surface area contributed by atoms with E-state index in [0.29, 0.717) is 12.3 Å². The molecule has 3 rings (SSSR count). The van der Waals surface area contributed by atoms with Crippen LogP contribution in [-0.4, -0.2) is 43.7 Å². The Kier molecular flexibility index (Phi) is 7.15. The van der Waals surface area contributed by atoms with Gasteiger partial charge in [-0.1, -0.05) is 29.8 Å². The minimum Gasteiger partial charge on any atom is -0.381 e. The fourth-order valence-corrected chi connectivity index (χ4v) is 3.57. The smallest absolute Gasteiger partial charge is 0.223 e. The molecule has 1 N–H and O–H groups in total. The van der Waals surface area contributed by atoms with Crippen molar-refractivity contribution in [1.29, 1.82) is 0 Å². The lowest BCUT2D eigenvalue weighted by Crippen LogP contribution is -2.48. The lowest BCUT2D eigenvalue weighted by molar-refractivity contribution is -0.134. The number of rotatable bonds is 4. The summed E-state index contributed by atoms with van der Waals surface area (Å²) in [4.78, 5) is 14.7. The van der Waals surface area contributed by atoms with E-state index in [1.807, 2.05) is 29.2 Å². The molecule has 1 amide bonds. The second-order valence-corrected chi connectivity index (χ2v) is 6.50. The number of nitrogens with one attached hydrogen (secondary N) is 1. The van der Waals surface area contributed by atoms with E-state index in [1.165, 1.54) is 0 Å². The SMILES string of the molecule is Cl.O=C(CCC1CCOC1)N1CCNCC1c1ccccc1Cl. The second-order valence-electron chi connectivity index (χ2n) is 6.10. The van der Waals surface area contributed by atoms with E-state index in [9.17, 15) is 4.79 Å². The summed E-state index contributed by atoms with van der Waals surface area (Å²) < 4.78 is 5.39.